The van der Waals surface area contributed by atoms with E-state index in [-0.39, 0.29) is 18.0 Å². The summed E-state index contributed by atoms with van der Waals surface area (Å²) in [4.78, 5) is 23.1. The van der Waals surface area contributed by atoms with E-state index >= 15 is 0 Å². The first-order chi connectivity index (χ1) is 8.82. The lowest BCUT2D eigenvalue weighted by atomic mass is 10.2. The highest BCUT2D eigenvalue weighted by Gasteiger charge is 2.23. The lowest BCUT2D eigenvalue weighted by molar-refractivity contribution is -0.139. The molecule has 0 radical (unpaired) electrons. The van der Waals surface area contributed by atoms with E-state index in [4.69, 9.17) is 33.4 Å². The van der Waals surface area contributed by atoms with Crippen LogP contribution in [0.5, 0.6) is 0 Å². The molecule has 0 saturated heterocycles. The van der Waals surface area contributed by atoms with Gasteiger partial charge in [0.2, 0.25) is 0 Å². The van der Waals surface area contributed by atoms with E-state index in [1.807, 2.05) is 0 Å². The van der Waals surface area contributed by atoms with E-state index in [1.54, 1.807) is 12.1 Å². The zero-order valence-corrected chi connectivity index (χ0v) is 11.6. The number of rotatable bonds is 6. The Morgan fingerprint density at radius 1 is 1.32 bits per heavy atom. The Bertz CT molecular complexity index is 493. The number of aliphatic carboxylic acids is 2. The smallest absolute Gasteiger partial charge is 0.326 e. The van der Waals surface area contributed by atoms with E-state index < -0.39 is 18.0 Å². The van der Waals surface area contributed by atoms with E-state index in [2.05, 4.69) is 0 Å². The molecule has 0 aliphatic rings. The molecule has 0 amide bonds. The molecule has 0 spiro atoms. The van der Waals surface area contributed by atoms with Crippen LogP contribution in [-0.4, -0.2) is 34.7 Å². The van der Waals surface area contributed by atoms with Crippen molar-refractivity contribution in [2.24, 2.45) is 0 Å². The molecule has 0 fully saturated rings. The molecular weight excluding hydrogens is 293 g/mol. The van der Waals surface area contributed by atoms with Gasteiger partial charge in [-0.05, 0) is 25.1 Å². The molecule has 2 N–H and O–H groups in total. The number of hydrogen-bond acceptors (Lipinski definition) is 3. The first kappa shape index (κ1) is 15.6. The van der Waals surface area contributed by atoms with E-state index in [0.29, 0.717) is 10.7 Å². The van der Waals surface area contributed by atoms with Gasteiger partial charge in [-0.25, -0.2) is 4.79 Å². The average Bonchev–Trinajstić information content (AvgIpc) is 2.30. The number of nitrogens with zero attached hydrogens (tertiary/aromatic N) is 1. The summed E-state index contributed by atoms with van der Waals surface area (Å²) in [6.07, 6.45) is -0.184. The van der Waals surface area contributed by atoms with Gasteiger partial charge in [-0.2, -0.15) is 0 Å². The molecule has 1 aromatic carbocycles. The topological polar surface area (TPSA) is 77.8 Å². The quantitative estimate of drug-likeness (QED) is 0.845. The van der Waals surface area contributed by atoms with Crippen LogP contribution in [0.3, 0.4) is 0 Å². The fourth-order valence-corrected chi connectivity index (χ4v) is 2.10. The molecule has 0 heterocycles. The SMILES string of the molecule is CC(C(=O)O)N(CCC(=O)O)c1ccc(Cl)cc1Cl. The summed E-state index contributed by atoms with van der Waals surface area (Å²) in [6, 6.07) is 3.75. The summed E-state index contributed by atoms with van der Waals surface area (Å²) in [7, 11) is 0. The third-order valence-electron chi connectivity index (χ3n) is 2.61. The lowest BCUT2D eigenvalue weighted by Crippen LogP contribution is -2.40. The minimum atomic E-state index is -1.06. The number of carbonyl (C=O) groups is 2. The van der Waals surface area contributed by atoms with Crippen molar-refractivity contribution in [1.82, 2.24) is 0 Å². The maximum absolute atomic E-state index is 11.1. The fourth-order valence-electron chi connectivity index (χ4n) is 1.59. The van der Waals surface area contributed by atoms with E-state index in [1.165, 1.54) is 17.9 Å². The molecule has 0 bridgehead atoms. The number of carboxylic acid groups (broad SMARTS) is 2. The van der Waals surface area contributed by atoms with Crippen molar-refractivity contribution < 1.29 is 19.8 Å². The number of hydrogen-bond donors (Lipinski definition) is 2. The monoisotopic (exact) mass is 305 g/mol. The van der Waals surface area contributed by atoms with E-state index in [0.717, 1.165) is 0 Å². The molecular formula is C12H13Cl2NO4. The van der Waals surface area contributed by atoms with Crippen LogP contribution in [-0.2, 0) is 9.59 Å². The summed E-state index contributed by atoms with van der Waals surface area (Å²) in [6.45, 7) is 1.51. The van der Waals surface area contributed by atoms with Crippen molar-refractivity contribution in [3.63, 3.8) is 0 Å². The zero-order chi connectivity index (χ0) is 14.6. The second-order valence-electron chi connectivity index (χ2n) is 3.95. The number of benzene rings is 1. The van der Waals surface area contributed by atoms with Crippen molar-refractivity contribution in [2.75, 3.05) is 11.4 Å². The van der Waals surface area contributed by atoms with Gasteiger partial charge < -0.3 is 15.1 Å². The summed E-state index contributed by atoms with van der Waals surface area (Å²) in [5.41, 5.74) is 0.446. The van der Waals surface area contributed by atoms with Gasteiger partial charge in [-0.3, -0.25) is 4.79 Å². The highest BCUT2D eigenvalue weighted by molar-refractivity contribution is 6.36. The normalized spacial score (nSPS) is 11.9. The molecule has 1 aromatic rings. The minimum Gasteiger partial charge on any atom is -0.481 e. The van der Waals surface area contributed by atoms with E-state index in [9.17, 15) is 9.59 Å². The summed E-state index contributed by atoms with van der Waals surface area (Å²) >= 11 is 11.8. The Morgan fingerprint density at radius 2 is 1.95 bits per heavy atom. The maximum atomic E-state index is 11.1. The molecule has 19 heavy (non-hydrogen) atoms. The highest BCUT2D eigenvalue weighted by atomic mass is 35.5. The van der Waals surface area contributed by atoms with Gasteiger partial charge in [0, 0.05) is 11.6 Å². The molecule has 7 heteroatoms. The Morgan fingerprint density at radius 3 is 2.42 bits per heavy atom. The molecule has 1 atom stereocenters. The predicted molar refractivity (Wildman–Crippen MR) is 73.2 cm³/mol. The molecule has 1 unspecified atom stereocenters. The highest BCUT2D eigenvalue weighted by Crippen LogP contribution is 2.30. The van der Waals surface area contributed by atoms with Crippen LogP contribution in [0.25, 0.3) is 0 Å². The molecule has 5 nitrogen and oxygen atoms in total. The van der Waals surface area contributed by atoms with Gasteiger partial charge in [-0.15, -0.1) is 0 Å². The predicted octanol–water partition coefficient (Wildman–Crippen LogP) is 2.75. The van der Waals surface area contributed by atoms with Crippen LogP contribution in [0.15, 0.2) is 18.2 Å². The van der Waals surface area contributed by atoms with Crippen LogP contribution in [0.1, 0.15) is 13.3 Å². The first-order valence-electron chi connectivity index (χ1n) is 5.49. The van der Waals surface area contributed by atoms with Gasteiger partial charge in [-0.1, -0.05) is 23.2 Å². The zero-order valence-electron chi connectivity index (χ0n) is 10.1. The Hall–Kier alpha value is -1.46. The molecule has 0 saturated carbocycles. The van der Waals surface area contributed by atoms with Gasteiger partial charge >= 0.3 is 11.9 Å². The van der Waals surface area contributed by atoms with Crippen LogP contribution in [0, 0.1) is 0 Å². The maximum Gasteiger partial charge on any atom is 0.326 e. The fraction of sp³-hybridized carbons (Fsp3) is 0.333. The lowest BCUT2D eigenvalue weighted by Gasteiger charge is -2.29. The van der Waals surface area contributed by atoms with Gasteiger partial charge in [0.05, 0.1) is 17.1 Å². The summed E-state index contributed by atoms with van der Waals surface area (Å²) in [5, 5.41) is 18.5. The Balaban J connectivity index is 3.07. The van der Waals surface area contributed by atoms with Crippen LogP contribution in [0.4, 0.5) is 5.69 Å². The second-order valence-corrected chi connectivity index (χ2v) is 4.79. The average molecular weight is 306 g/mol. The third kappa shape index (κ3) is 4.29. The van der Waals surface area contributed by atoms with Gasteiger partial charge in [0.25, 0.3) is 0 Å². The standard InChI is InChI=1S/C12H13Cl2NO4/c1-7(12(18)19)15(5-4-11(16)17)10-3-2-8(13)6-9(10)14/h2-3,6-7H,4-5H2,1H3,(H,16,17)(H,18,19). The minimum absolute atomic E-state index is 0.0458. The second kappa shape index (κ2) is 6.63. The van der Waals surface area contributed by atoms with Crippen LogP contribution >= 0.6 is 23.2 Å². The largest absolute Gasteiger partial charge is 0.481 e. The molecule has 104 valence electrons. The third-order valence-corrected chi connectivity index (χ3v) is 3.15. The molecule has 0 aliphatic heterocycles. The van der Waals surface area contributed by atoms with Gasteiger partial charge in [0.15, 0.2) is 0 Å². The molecule has 0 aromatic heterocycles. The Kier molecular flexibility index (Phi) is 5.44. The van der Waals surface area contributed by atoms with Crippen molar-refractivity contribution in [3.05, 3.63) is 28.2 Å². The van der Waals surface area contributed by atoms with Crippen LogP contribution in [0.2, 0.25) is 10.0 Å². The van der Waals surface area contributed by atoms with Crippen molar-refractivity contribution in [2.45, 2.75) is 19.4 Å². The molecule has 1 rings (SSSR count). The summed E-state index contributed by atoms with van der Waals surface area (Å²) < 4.78 is 0. The van der Waals surface area contributed by atoms with Gasteiger partial charge in [0.1, 0.15) is 6.04 Å². The number of halogens is 2. The van der Waals surface area contributed by atoms with Crippen LogP contribution < -0.4 is 4.90 Å². The van der Waals surface area contributed by atoms with Crippen molar-refractivity contribution in [3.8, 4) is 0 Å². The van der Waals surface area contributed by atoms with Crippen molar-refractivity contribution in [1.29, 1.82) is 0 Å². The number of carboxylic acids is 2. The molecule has 0 aliphatic carbocycles. The summed E-state index contributed by atoms with van der Waals surface area (Å²) in [5.74, 6) is -2.07. The Labute approximate surface area is 120 Å². The van der Waals surface area contributed by atoms with Crippen molar-refractivity contribution >= 4 is 40.8 Å². The number of anilines is 1. The first-order valence-corrected chi connectivity index (χ1v) is 6.25.